The van der Waals surface area contributed by atoms with Crippen molar-refractivity contribution in [2.45, 2.75) is 13.3 Å². The van der Waals surface area contributed by atoms with Gasteiger partial charge in [0.25, 0.3) is 0 Å². The smallest absolute Gasteiger partial charge is 0.134 e. The fraction of sp³-hybridized carbons (Fsp3) is 0.300. The predicted octanol–water partition coefficient (Wildman–Crippen LogP) is 2.59. The third-order valence-corrected chi connectivity index (χ3v) is 2.08. The second kappa shape index (κ2) is 4.42. The van der Waals surface area contributed by atoms with Gasteiger partial charge in [-0.3, -0.25) is 4.79 Å². The van der Waals surface area contributed by atoms with Gasteiger partial charge in [0.05, 0.1) is 7.11 Å². The Morgan fingerprint density at radius 3 is 2.69 bits per heavy atom. The Hall–Kier alpha value is -0.830. The average molecular weight is 243 g/mol. The number of ether oxygens (including phenoxy) is 1. The van der Waals surface area contributed by atoms with Crippen LogP contribution in [0.5, 0.6) is 5.75 Å². The molecule has 0 bridgehead atoms. The molecule has 0 amide bonds. The van der Waals surface area contributed by atoms with Crippen LogP contribution < -0.4 is 4.74 Å². The number of ketones is 1. The lowest BCUT2D eigenvalue weighted by atomic mass is 10.1. The van der Waals surface area contributed by atoms with Gasteiger partial charge in [-0.2, -0.15) is 0 Å². The van der Waals surface area contributed by atoms with Crippen molar-refractivity contribution >= 4 is 21.7 Å². The van der Waals surface area contributed by atoms with Gasteiger partial charge in [-0.05, 0) is 30.7 Å². The van der Waals surface area contributed by atoms with Crippen LogP contribution in [0, 0.1) is 0 Å². The Morgan fingerprint density at radius 1 is 1.46 bits per heavy atom. The molecule has 1 aromatic carbocycles. The Morgan fingerprint density at radius 2 is 2.15 bits per heavy atom. The van der Waals surface area contributed by atoms with Crippen molar-refractivity contribution in [3.05, 3.63) is 28.2 Å². The Labute approximate surface area is 86.0 Å². The number of carbonyl (C=O) groups is 1. The zero-order chi connectivity index (χ0) is 9.84. The number of halogens is 1. The SMILES string of the molecule is COc1cc(Br)cc(CC(C)=O)c1. The average Bonchev–Trinajstić information content (AvgIpc) is 2.01. The molecule has 0 N–H and O–H groups in total. The minimum absolute atomic E-state index is 0.153. The van der Waals surface area contributed by atoms with Crippen LogP contribution in [0.4, 0.5) is 0 Å². The predicted molar refractivity (Wildman–Crippen MR) is 55.1 cm³/mol. The van der Waals surface area contributed by atoms with Crippen molar-refractivity contribution in [2.75, 3.05) is 7.11 Å². The highest BCUT2D eigenvalue weighted by atomic mass is 79.9. The van der Waals surface area contributed by atoms with Crippen molar-refractivity contribution in [1.82, 2.24) is 0 Å². The van der Waals surface area contributed by atoms with Crippen LogP contribution in [0.15, 0.2) is 22.7 Å². The maximum Gasteiger partial charge on any atom is 0.134 e. The van der Waals surface area contributed by atoms with E-state index in [0.717, 1.165) is 15.8 Å². The van der Waals surface area contributed by atoms with E-state index in [2.05, 4.69) is 15.9 Å². The third-order valence-electron chi connectivity index (χ3n) is 1.62. The summed E-state index contributed by atoms with van der Waals surface area (Å²) < 4.78 is 6.01. The molecule has 2 nitrogen and oxygen atoms in total. The quantitative estimate of drug-likeness (QED) is 0.815. The maximum atomic E-state index is 10.9. The molecule has 0 aromatic heterocycles. The van der Waals surface area contributed by atoms with Gasteiger partial charge >= 0.3 is 0 Å². The van der Waals surface area contributed by atoms with Crippen LogP contribution in [0.2, 0.25) is 0 Å². The lowest BCUT2D eigenvalue weighted by molar-refractivity contribution is -0.116. The standard InChI is InChI=1S/C10H11BrO2/c1-7(12)3-8-4-9(11)6-10(5-8)13-2/h4-6H,3H2,1-2H3. The van der Waals surface area contributed by atoms with Crippen molar-refractivity contribution in [3.63, 3.8) is 0 Å². The zero-order valence-electron chi connectivity index (χ0n) is 7.63. The molecule has 0 saturated heterocycles. The minimum atomic E-state index is 0.153. The summed E-state index contributed by atoms with van der Waals surface area (Å²) in [6.07, 6.45) is 0.454. The van der Waals surface area contributed by atoms with E-state index in [0.29, 0.717) is 6.42 Å². The molecule has 13 heavy (non-hydrogen) atoms. The molecule has 0 radical (unpaired) electrons. The normalized spacial score (nSPS) is 9.77. The van der Waals surface area contributed by atoms with E-state index in [1.165, 1.54) is 0 Å². The number of Topliss-reactive ketones (excluding diaryl/α,β-unsaturated/α-hetero) is 1. The molecule has 3 heteroatoms. The Kier molecular flexibility index (Phi) is 3.48. The molecule has 70 valence electrons. The van der Waals surface area contributed by atoms with E-state index in [1.54, 1.807) is 14.0 Å². The monoisotopic (exact) mass is 242 g/mol. The topological polar surface area (TPSA) is 26.3 Å². The summed E-state index contributed by atoms with van der Waals surface area (Å²) in [6, 6.07) is 5.65. The first-order chi connectivity index (χ1) is 6.11. The van der Waals surface area contributed by atoms with Crippen molar-refractivity contribution < 1.29 is 9.53 Å². The minimum Gasteiger partial charge on any atom is -0.497 e. The number of methoxy groups -OCH3 is 1. The van der Waals surface area contributed by atoms with Gasteiger partial charge in [0, 0.05) is 10.9 Å². The lowest BCUT2D eigenvalue weighted by Gasteiger charge is -2.03. The molecule has 0 aliphatic carbocycles. The lowest BCUT2D eigenvalue weighted by Crippen LogP contribution is -1.96. The van der Waals surface area contributed by atoms with Crippen LogP contribution in [-0.4, -0.2) is 12.9 Å². The van der Waals surface area contributed by atoms with Crippen LogP contribution >= 0.6 is 15.9 Å². The molecule has 0 spiro atoms. The number of hydrogen-bond acceptors (Lipinski definition) is 2. The number of hydrogen-bond donors (Lipinski definition) is 0. The summed E-state index contributed by atoms with van der Waals surface area (Å²) in [5.74, 6) is 0.922. The van der Waals surface area contributed by atoms with Crippen molar-refractivity contribution in [3.8, 4) is 5.75 Å². The van der Waals surface area contributed by atoms with Crippen LogP contribution in [0.3, 0.4) is 0 Å². The summed E-state index contributed by atoms with van der Waals surface area (Å²) in [6.45, 7) is 1.58. The molecule has 0 unspecified atom stereocenters. The van der Waals surface area contributed by atoms with Crippen molar-refractivity contribution in [2.24, 2.45) is 0 Å². The Balaban J connectivity index is 2.94. The van der Waals surface area contributed by atoms with Crippen LogP contribution in [-0.2, 0) is 11.2 Å². The van der Waals surface area contributed by atoms with E-state index in [-0.39, 0.29) is 5.78 Å². The zero-order valence-corrected chi connectivity index (χ0v) is 9.22. The largest absolute Gasteiger partial charge is 0.497 e. The van der Waals surface area contributed by atoms with Gasteiger partial charge in [0.2, 0.25) is 0 Å². The van der Waals surface area contributed by atoms with Crippen LogP contribution in [0.25, 0.3) is 0 Å². The van der Waals surface area contributed by atoms with Gasteiger partial charge < -0.3 is 4.74 Å². The highest BCUT2D eigenvalue weighted by molar-refractivity contribution is 9.10. The molecular weight excluding hydrogens is 232 g/mol. The molecule has 0 aliphatic rings. The van der Waals surface area contributed by atoms with Gasteiger partial charge in [-0.1, -0.05) is 15.9 Å². The summed E-state index contributed by atoms with van der Waals surface area (Å²) >= 11 is 3.35. The molecule has 1 rings (SSSR count). The summed E-state index contributed by atoms with van der Waals surface area (Å²) in [7, 11) is 1.61. The maximum absolute atomic E-state index is 10.9. The van der Waals surface area contributed by atoms with Gasteiger partial charge in [-0.15, -0.1) is 0 Å². The first-order valence-corrected chi connectivity index (χ1v) is 4.74. The van der Waals surface area contributed by atoms with Crippen molar-refractivity contribution in [1.29, 1.82) is 0 Å². The molecule has 0 fully saturated rings. The second-order valence-corrected chi connectivity index (χ2v) is 3.79. The molecule has 0 aliphatic heterocycles. The summed E-state index contributed by atoms with van der Waals surface area (Å²) in [4.78, 5) is 10.9. The summed E-state index contributed by atoms with van der Waals surface area (Å²) in [5, 5.41) is 0. The third kappa shape index (κ3) is 3.19. The fourth-order valence-corrected chi connectivity index (χ4v) is 1.65. The van der Waals surface area contributed by atoms with E-state index in [1.807, 2.05) is 18.2 Å². The highest BCUT2D eigenvalue weighted by Crippen LogP contribution is 2.21. The molecular formula is C10H11BrO2. The second-order valence-electron chi connectivity index (χ2n) is 2.88. The molecule has 0 heterocycles. The van der Waals surface area contributed by atoms with E-state index in [9.17, 15) is 4.79 Å². The first kappa shape index (κ1) is 10.3. The molecule has 1 aromatic rings. The number of carbonyl (C=O) groups excluding carboxylic acids is 1. The first-order valence-electron chi connectivity index (χ1n) is 3.94. The Bertz CT molecular complexity index is 321. The van der Waals surface area contributed by atoms with E-state index in [4.69, 9.17) is 4.74 Å². The number of benzene rings is 1. The molecule has 0 saturated carbocycles. The molecule has 0 atom stereocenters. The van der Waals surface area contributed by atoms with E-state index >= 15 is 0 Å². The number of rotatable bonds is 3. The van der Waals surface area contributed by atoms with Crippen LogP contribution in [0.1, 0.15) is 12.5 Å². The van der Waals surface area contributed by atoms with Gasteiger partial charge in [-0.25, -0.2) is 0 Å². The van der Waals surface area contributed by atoms with E-state index < -0.39 is 0 Å². The van der Waals surface area contributed by atoms with Gasteiger partial charge in [0.15, 0.2) is 0 Å². The fourth-order valence-electron chi connectivity index (χ4n) is 1.13. The summed E-state index contributed by atoms with van der Waals surface area (Å²) in [5.41, 5.74) is 0.971. The highest BCUT2D eigenvalue weighted by Gasteiger charge is 2.01. The van der Waals surface area contributed by atoms with Gasteiger partial charge in [0.1, 0.15) is 11.5 Å².